The van der Waals surface area contributed by atoms with Gasteiger partial charge in [-0.15, -0.1) is 5.10 Å². The molecule has 1 aromatic heterocycles. The second kappa shape index (κ2) is 7.57. The Bertz CT molecular complexity index is 684. The first-order valence-corrected chi connectivity index (χ1v) is 8.07. The fourth-order valence-electron chi connectivity index (χ4n) is 2.16. The van der Waals surface area contributed by atoms with Gasteiger partial charge in [0.1, 0.15) is 6.54 Å². The Morgan fingerprint density at radius 1 is 1.32 bits per heavy atom. The largest absolute Gasteiger partial charge is 0.493 e. The molecule has 0 saturated heterocycles. The molecule has 0 fully saturated rings. The van der Waals surface area contributed by atoms with Gasteiger partial charge in [-0.05, 0) is 30.4 Å². The van der Waals surface area contributed by atoms with Gasteiger partial charge < -0.3 is 19.7 Å². The van der Waals surface area contributed by atoms with E-state index in [4.69, 9.17) is 21.7 Å². The number of nitrogens with one attached hydrogen (secondary N) is 2. The minimum atomic E-state index is 0.714. The fraction of sp³-hybridized carbons (Fsp3) is 0.429. The van der Waals surface area contributed by atoms with Gasteiger partial charge in [0.2, 0.25) is 5.13 Å². The normalized spacial score (nSPS) is 12.0. The van der Waals surface area contributed by atoms with Crippen LogP contribution in [0.2, 0.25) is 0 Å². The van der Waals surface area contributed by atoms with Crippen molar-refractivity contribution in [2.75, 3.05) is 33.6 Å². The van der Waals surface area contributed by atoms with Gasteiger partial charge in [0.25, 0.3) is 0 Å². The van der Waals surface area contributed by atoms with Crippen molar-refractivity contribution in [1.29, 1.82) is 0 Å². The molecule has 1 heterocycles. The van der Waals surface area contributed by atoms with Crippen molar-refractivity contribution in [3.05, 3.63) is 27.7 Å². The highest BCUT2D eigenvalue weighted by Crippen LogP contribution is 2.27. The average molecular weight is 341 g/mol. The van der Waals surface area contributed by atoms with E-state index in [9.17, 15) is 0 Å². The molecule has 1 aromatic carbocycles. The van der Waals surface area contributed by atoms with Crippen molar-refractivity contribution < 1.29 is 14.4 Å². The van der Waals surface area contributed by atoms with Crippen LogP contribution in [-0.2, 0) is 13.2 Å². The highest BCUT2D eigenvalue weighted by atomic mass is 32.1. The summed E-state index contributed by atoms with van der Waals surface area (Å²) in [7, 11) is 7.24. The summed E-state index contributed by atoms with van der Waals surface area (Å²) in [5, 5.41) is 8.28. The second-order valence-electron chi connectivity index (χ2n) is 4.90. The second-order valence-corrected chi connectivity index (χ2v) is 6.53. The molecule has 8 heteroatoms. The molecule has 0 saturated carbocycles. The number of aromatic nitrogens is 2. The van der Waals surface area contributed by atoms with Crippen LogP contribution in [0, 0.1) is 3.95 Å². The maximum absolute atomic E-state index is 5.34. The van der Waals surface area contributed by atoms with Crippen LogP contribution >= 0.6 is 23.6 Å². The molecule has 2 rings (SSSR count). The van der Waals surface area contributed by atoms with Gasteiger partial charge in [0.05, 0.1) is 21.3 Å². The Kier molecular flexibility index (Phi) is 5.76. The van der Waals surface area contributed by atoms with E-state index in [1.54, 1.807) is 14.2 Å². The number of rotatable bonds is 7. The van der Waals surface area contributed by atoms with Gasteiger partial charge in [-0.3, -0.25) is 0 Å². The number of anilines is 1. The third kappa shape index (κ3) is 3.96. The van der Waals surface area contributed by atoms with Crippen LogP contribution in [0.1, 0.15) is 5.56 Å². The summed E-state index contributed by atoms with van der Waals surface area (Å²) in [5.74, 6) is 1.49. The average Bonchev–Trinajstić information content (AvgIpc) is 2.87. The third-order valence-corrected chi connectivity index (χ3v) is 4.52. The van der Waals surface area contributed by atoms with Gasteiger partial charge in [0.15, 0.2) is 22.1 Å². The van der Waals surface area contributed by atoms with E-state index in [1.165, 1.54) is 21.8 Å². The van der Waals surface area contributed by atoms with E-state index in [0.29, 0.717) is 6.67 Å². The van der Waals surface area contributed by atoms with Crippen LogP contribution in [-0.4, -0.2) is 38.1 Å². The smallest absolute Gasteiger partial charge is 0.204 e. The zero-order chi connectivity index (χ0) is 16.1. The SMILES string of the molecule is CNc1nn(C[NH+](C)Cc2ccc(OC)c(OC)c2)c(=S)s1. The van der Waals surface area contributed by atoms with E-state index >= 15 is 0 Å². The van der Waals surface area contributed by atoms with Crippen molar-refractivity contribution >= 4 is 28.7 Å². The van der Waals surface area contributed by atoms with Crippen LogP contribution in [0.5, 0.6) is 11.5 Å². The zero-order valence-electron chi connectivity index (χ0n) is 13.2. The lowest BCUT2D eigenvalue weighted by Gasteiger charge is -2.15. The topological polar surface area (TPSA) is 52.8 Å². The first kappa shape index (κ1) is 16.7. The van der Waals surface area contributed by atoms with Crippen molar-refractivity contribution in [2.45, 2.75) is 13.2 Å². The van der Waals surface area contributed by atoms with Gasteiger partial charge in [-0.2, -0.15) is 4.68 Å². The van der Waals surface area contributed by atoms with Crippen molar-refractivity contribution in [1.82, 2.24) is 9.78 Å². The van der Waals surface area contributed by atoms with E-state index in [1.807, 2.05) is 29.9 Å². The Morgan fingerprint density at radius 3 is 2.64 bits per heavy atom. The number of hydrogen-bond acceptors (Lipinski definition) is 6. The van der Waals surface area contributed by atoms with Gasteiger partial charge in [-0.25, -0.2) is 0 Å². The van der Waals surface area contributed by atoms with E-state index in [0.717, 1.165) is 27.1 Å². The Morgan fingerprint density at radius 2 is 2.05 bits per heavy atom. The van der Waals surface area contributed by atoms with Crippen molar-refractivity contribution in [3.63, 3.8) is 0 Å². The number of hydrogen-bond donors (Lipinski definition) is 2. The van der Waals surface area contributed by atoms with Crippen LogP contribution in [0.15, 0.2) is 18.2 Å². The number of benzene rings is 1. The molecule has 2 aromatic rings. The molecule has 0 spiro atoms. The molecule has 1 unspecified atom stereocenters. The minimum Gasteiger partial charge on any atom is -0.493 e. The molecule has 0 aliphatic heterocycles. The Labute approximate surface area is 139 Å². The van der Waals surface area contributed by atoms with Gasteiger partial charge in [-0.1, -0.05) is 11.3 Å². The monoisotopic (exact) mass is 341 g/mol. The van der Waals surface area contributed by atoms with Crippen LogP contribution < -0.4 is 19.7 Å². The summed E-state index contributed by atoms with van der Waals surface area (Å²) in [4.78, 5) is 1.27. The zero-order valence-corrected chi connectivity index (χ0v) is 14.8. The molecule has 120 valence electrons. The first-order valence-electron chi connectivity index (χ1n) is 6.85. The standard InChI is InChI=1S/C14H20N4O2S2/c1-15-13-16-18(14(21)22-13)9-17(2)8-10-5-6-11(19-3)12(7-10)20-4/h5-7H,8-9H2,1-4H3,(H,15,16)/p+1. The molecule has 0 radical (unpaired) electrons. The highest BCUT2D eigenvalue weighted by Gasteiger charge is 2.11. The summed E-state index contributed by atoms with van der Waals surface area (Å²) in [6.07, 6.45) is 0. The van der Waals surface area contributed by atoms with Crippen LogP contribution in [0.25, 0.3) is 0 Å². The van der Waals surface area contributed by atoms with E-state index in [-0.39, 0.29) is 0 Å². The molecule has 0 bridgehead atoms. The Hall–Kier alpha value is -1.64. The first-order chi connectivity index (χ1) is 10.6. The van der Waals surface area contributed by atoms with Crippen LogP contribution in [0.4, 0.5) is 5.13 Å². The van der Waals surface area contributed by atoms with Crippen LogP contribution in [0.3, 0.4) is 0 Å². The maximum atomic E-state index is 5.34. The van der Waals surface area contributed by atoms with E-state index in [2.05, 4.69) is 17.5 Å². The highest BCUT2D eigenvalue weighted by molar-refractivity contribution is 7.73. The Balaban J connectivity index is 2.06. The third-order valence-electron chi connectivity index (χ3n) is 3.19. The molecular weight excluding hydrogens is 320 g/mol. The molecule has 2 N–H and O–H groups in total. The molecule has 22 heavy (non-hydrogen) atoms. The molecular formula is C14H21N4O2S2+. The molecule has 1 atom stereocenters. The summed E-state index contributed by atoms with van der Waals surface area (Å²) in [6.45, 7) is 1.56. The quantitative estimate of drug-likeness (QED) is 0.746. The van der Waals surface area contributed by atoms with Crippen molar-refractivity contribution in [3.8, 4) is 11.5 Å². The number of nitrogens with zero attached hydrogens (tertiary/aromatic N) is 2. The summed E-state index contributed by atoms with van der Waals surface area (Å²) in [6, 6.07) is 5.97. The molecule has 0 aliphatic rings. The summed E-state index contributed by atoms with van der Waals surface area (Å²) < 4.78 is 13.2. The van der Waals surface area contributed by atoms with Crippen molar-refractivity contribution in [2.24, 2.45) is 0 Å². The lowest BCUT2D eigenvalue weighted by Crippen LogP contribution is -3.07. The van der Waals surface area contributed by atoms with E-state index < -0.39 is 0 Å². The molecule has 0 aliphatic carbocycles. The van der Waals surface area contributed by atoms with Gasteiger partial charge in [0, 0.05) is 12.6 Å². The molecule has 6 nitrogen and oxygen atoms in total. The maximum Gasteiger partial charge on any atom is 0.204 e. The lowest BCUT2D eigenvalue weighted by molar-refractivity contribution is -0.917. The number of ether oxygens (including phenoxy) is 2. The number of methoxy groups -OCH3 is 2. The molecule has 0 amide bonds. The lowest BCUT2D eigenvalue weighted by atomic mass is 10.2. The number of quaternary nitrogens is 1. The predicted molar refractivity (Wildman–Crippen MR) is 90.6 cm³/mol. The summed E-state index contributed by atoms with van der Waals surface area (Å²) >= 11 is 6.80. The fourth-order valence-corrected chi connectivity index (χ4v) is 3.12. The minimum absolute atomic E-state index is 0.714. The predicted octanol–water partition coefficient (Wildman–Crippen LogP) is 1.41. The summed E-state index contributed by atoms with van der Waals surface area (Å²) in [5.41, 5.74) is 1.17. The van der Waals surface area contributed by atoms with Gasteiger partial charge >= 0.3 is 0 Å².